The molecule has 0 amide bonds. The third-order valence-electron chi connectivity index (χ3n) is 3.10. The molecule has 4 nitrogen and oxygen atoms in total. The molecule has 0 bridgehead atoms. The molecule has 1 N–H and O–H groups in total. The first-order chi connectivity index (χ1) is 11.0. The van der Waals surface area contributed by atoms with Gasteiger partial charge in [0, 0.05) is 11.6 Å². The number of hydrogen-bond acceptors (Lipinski definition) is 3. The molecule has 0 saturated carbocycles. The minimum Gasteiger partial charge on any atom is -0.491 e. The second-order valence-electron chi connectivity index (χ2n) is 5.25. The number of carboxylic acid groups (broad SMARTS) is 1. The summed E-state index contributed by atoms with van der Waals surface area (Å²) in [6, 6.07) is 14.4. The van der Waals surface area contributed by atoms with Crippen LogP contribution < -0.4 is 9.47 Å². The van der Waals surface area contributed by atoms with E-state index in [9.17, 15) is 9.90 Å². The molecule has 2 rings (SSSR count). The van der Waals surface area contributed by atoms with E-state index in [-0.39, 0.29) is 11.7 Å². The summed E-state index contributed by atoms with van der Waals surface area (Å²) in [5.74, 6) is 0.807. The van der Waals surface area contributed by atoms with Crippen LogP contribution in [0.4, 0.5) is 0 Å². The number of aliphatic carboxylic acids is 1. The minimum atomic E-state index is -0.986. The third-order valence-corrected chi connectivity index (χ3v) is 3.10. The number of benzene rings is 2. The molecule has 2 aromatic carbocycles. The topological polar surface area (TPSA) is 55.8 Å². The van der Waals surface area contributed by atoms with E-state index in [0.29, 0.717) is 22.8 Å². The number of carbonyl (C=O) groups is 1. The van der Waals surface area contributed by atoms with Crippen molar-refractivity contribution in [3.63, 3.8) is 0 Å². The van der Waals surface area contributed by atoms with Crippen LogP contribution in [0.1, 0.15) is 26.3 Å². The monoisotopic (exact) mass is 312 g/mol. The number of hydrogen-bond donors (Lipinski definition) is 1. The molecule has 0 aliphatic carbocycles. The first kappa shape index (κ1) is 16.6. The minimum absolute atomic E-state index is 0.0687. The number of rotatable bonds is 6. The fourth-order valence-electron chi connectivity index (χ4n) is 2.18. The van der Waals surface area contributed by atoms with Gasteiger partial charge in [-0.3, -0.25) is 0 Å². The zero-order valence-electron chi connectivity index (χ0n) is 13.4. The van der Waals surface area contributed by atoms with E-state index in [2.05, 4.69) is 0 Å². The highest BCUT2D eigenvalue weighted by Gasteiger charge is 2.14. The van der Waals surface area contributed by atoms with Crippen LogP contribution in [-0.4, -0.2) is 17.2 Å². The van der Waals surface area contributed by atoms with Gasteiger partial charge in [-0.2, -0.15) is 0 Å². The Morgan fingerprint density at radius 1 is 1.09 bits per heavy atom. The number of para-hydroxylation sites is 1. The Morgan fingerprint density at radius 3 is 2.43 bits per heavy atom. The quantitative estimate of drug-likeness (QED) is 0.782. The molecule has 0 fully saturated rings. The maximum Gasteiger partial charge on any atom is 0.336 e. The van der Waals surface area contributed by atoms with Crippen LogP contribution in [-0.2, 0) is 4.79 Å². The molecule has 0 saturated heterocycles. The molecule has 0 spiro atoms. The van der Waals surface area contributed by atoms with Crippen molar-refractivity contribution in [3.8, 4) is 17.2 Å². The van der Waals surface area contributed by atoms with Crippen molar-refractivity contribution in [2.24, 2.45) is 0 Å². The predicted octanol–water partition coefficient (Wildman–Crippen LogP) is 4.75. The summed E-state index contributed by atoms with van der Waals surface area (Å²) in [6.45, 7) is 5.60. The van der Waals surface area contributed by atoms with Crippen LogP contribution in [0.15, 0.2) is 54.6 Å². The highest BCUT2D eigenvalue weighted by molar-refractivity contribution is 6.16. The zero-order valence-corrected chi connectivity index (χ0v) is 13.4. The summed E-state index contributed by atoms with van der Waals surface area (Å²) in [4.78, 5) is 11.4. The first-order valence-corrected chi connectivity index (χ1v) is 7.45. The van der Waals surface area contributed by atoms with Crippen molar-refractivity contribution >= 4 is 11.5 Å². The van der Waals surface area contributed by atoms with Gasteiger partial charge in [0.1, 0.15) is 17.2 Å². The van der Waals surface area contributed by atoms with Gasteiger partial charge in [-0.05, 0) is 39.0 Å². The van der Waals surface area contributed by atoms with Crippen molar-refractivity contribution in [1.29, 1.82) is 0 Å². The Bertz CT molecular complexity index is 717. The molecule has 2 aromatic rings. The molecule has 0 atom stereocenters. The second kappa shape index (κ2) is 7.49. The van der Waals surface area contributed by atoms with Crippen LogP contribution in [0.2, 0.25) is 0 Å². The fourth-order valence-corrected chi connectivity index (χ4v) is 2.18. The lowest BCUT2D eigenvalue weighted by molar-refractivity contribution is -0.130. The SMILES string of the molecule is C/C=C(/C(=O)O)c1ccccc1Oc1cccc(OC(C)C)c1. The molecule has 120 valence electrons. The van der Waals surface area contributed by atoms with Gasteiger partial charge in [0.15, 0.2) is 0 Å². The lowest BCUT2D eigenvalue weighted by Gasteiger charge is -2.14. The zero-order chi connectivity index (χ0) is 16.8. The van der Waals surface area contributed by atoms with E-state index in [4.69, 9.17) is 9.47 Å². The van der Waals surface area contributed by atoms with Crippen LogP contribution in [0.3, 0.4) is 0 Å². The van der Waals surface area contributed by atoms with E-state index >= 15 is 0 Å². The summed E-state index contributed by atoms with van der Waals surface area (Å²) >= 11 is 0. The molecule has 23 heavy (non-hydrogen) atoms. The van der Waals surface area contributed by atoms with Crippen LogP contribution >= 0.6 is 0 Å². The molecule has 0 aromatic heterocycles. The second-order valence-corrected chi connectivity index (χ2v) is 5.25. The Kier molecular flexibility index (Phi) is 5.41. The number of carboxylic acids is 1. The van der Waals surface area contributed by atoms with Gasteiger partial charge in [-0.1, -0.05) is 30.3 Å². The lowest BCUT2D eigenvalue weighted by Crippen LogP contribution is -2.05. The average Bonchev–Trinajstić information content (AvgIpc) is 2.49. The summed E-state index contributed by atoms with van der Waals surface area (Å²) in [6.07, 6.45) is 1.63. The largest absolute Gasteiger partial charge is 0.491 e. The smallest absolute Gasteiger partial charge is 0.336 e. The van der Waals surface area contributed by atoms with Gasteiger partial charge in [-0.15, -0.1) is 0 Å². The van der Waals surface area contributed by atoms with E-state index in [1.54, 1.807) is 43.3 Å². The number of allylic oxidation sites excluding steroid dienone is 1. The van der Waals surface area contributed by atoms with Gasteiger partial charge in [-0.25, -0.2) is 4.79 Å². The molecule has 0 radical (unpaired) electrons. The Labute approximate surface area is 136 Å². The molecule has 0 aliphatic heterocycles. The fraction of sp³-hybridized carbons (Fsp3) is 0.211. The maximum absolute atomic E-state index is 11.4. The van der Waals surface area contributed by atoms with Gasteiger partial charge in [0.25, 0.3) is 0 Å². The lowest BCUT2D eigenvalue weighted by atomic mass is 10.0. The Balaban J connectivity index is 2.33. The normalized spacial score (nSPS) is 11.4. The molecule has 0 unspecified atom stereocenters. The van der Waals surface area contributed by atoms with Crippen molar-refractivity contribution in [3.05, 3.63) is 60.2 Å². The van der Waals surface area contributed by atoms with Gasteiger partial charge in [0.05, 0.1) is 11.7 Å². The Morgan fingerprint density at radius 2 is 1.78 bits per heavy atom. The van der Waals surface area contributed by atoms with E-state index in [1.807, 2.05) is 32.0 Å². The molecular weight excluding hydrogens is 292 g/mol. The molecular formula is C19H20O4. The van der Waals surface area contributed by atoms with E-state index < -0.39 is 5.97 Å². The van der Waals surface area contributed by atoms with Crippen molar-refractivity contribution in [2.45, 2.75) is 26.9 Å². The molecule has 4 heteroatoms. The number of ether oxygens (including phenoxy) is 2. The third kappa shape index (κ3) is 4.36. The van der Waals surface area contributed by atoms with Crippen molar-refractivity contribution in [2.75, 3.05) is 0 Å². The predicted molar refractivity (Wildman–Crippen MR) is 90.0 cm³/mol. The maximum atomic E-state index is 11.4. The van der Waals surface area contributed by atoms with Crippen LogP contribution in [0.25, 0.3) is 5.57 Å². The van der Waals surface area contributed by atoms with Crippen LogP contribution in [0.5, 0.6) is 17.2 Å². The summed E-state index contributed by atoms with van der Waals surface area (Å²) < 4.78 is 11.5. The standard InChI is InChI=1S/C19H20O4/c1-4-16(19(20)21)17-10-5-6-11-18(17)23-15-9-7-8-14(12-15)22-13(2)3/h4-13H,1-3H3,(H,20,21)/b16-4+. The first-order valence-electron chi connectivity index (χ1n) is 7.45. The highest BCUT2D eigenvalue weighted by Crippen LogP contribution is 2.32. The van der Waals surface area contributed by atoms with Crippen molar-refractivity contribution in [1.82, 2.24) is 0 Å². The van der Waals surface area contributed by atoms with Gasteiger partial charge >= 0.3 is 5.97 Å². The van der Waals surface area contributed by atoms with Crippen LogP contribution in [0, 0.1) is 0 Å². The summed E-state index contributed by atoms with van der Waals surface area (Å²) in [5, 5.41) is 9.32. The molecule has 0 heterocycles. The van der Waals surface area contributed by atoms with Crippen molar-refractivity contribution < 1.29 is 19.4 Å². The Hall–Kier alpha value is -2.75. The summed E-state index contributed by atoms with van der Waals surface area (Å²) in [7, 11) is 0. The highest BCUT2D eigenvalue weighted by atomic mass is 16.5. The van der Waals surface area contributed by atoms with E-state index in [0.717, 1.165) is 0 Å². The summed E-state index contributed by atoms with van der Waals surface area (Å²) in [5.41, 5.74) is 0.743. The molecule has 0 aliphatic rings. The van der Waals surface area contributed by atoms with Gasteiger partial charge in [0.2, 0.25) is 0 Å². The van der Waals surface area contributed by atoms with Gasteiger partial charge < -0.3 is 14.6 Å². The average molecular weight is 312 g/mol. The van der Waals surface area contributed by atoms with E-state index in [1.165, 1.54) is 0 Å².